The highest BCUT2D eigenvalue weighted by molar-refractivity contribution is 7.81. The summed E-state index contributed by atoms with van der Waals surface area (Å²) in [6.07, 6.45) is 1.52. The minimum atomic E-state index is -0.689. The first-order valence-electron chi connectivity index (χ1n) is 2.86. The minimum absolute atomic E-state index is 0. The van der Waals surface area contributed by atoms with Crippen LogP contribution in [0.1, 0.15) is 12.8 Å². The fourth-order valence-corrected chi connectivity index (χ4v) is 1.05. The molecule has 1 rings (SSSR count). The van der Waals surface area contributed by atoms with Gasteiger partial charge in [0.15, 0.2) is 0 Å². The van der Waals surface area contributed by atoms with Gasteiger partial charge in [-0.25, -0.2) is 0 Å². The lowest BCUT2D eigenvalue weighted by atomic mass is 10.1. The van der Waals surface area contributed by atoms with E-state index in [1.807, 2.05) is 0 Å². The normalized spacial score (nSPS) is 24.7. The average Bonchev–Trinajstić information content (AvgIpc) is 1.65. The largest absolute Gasteiger partial charge is 0.380 e. The van der Waals surface area contributed by atoms with Crippen molar-refractivity contribution in [2.24, 2.45) is 0 Å². The molecule has 1 saturated heterocycles. The summed E-state index contributed by atoms with van der Waals surface area (Å²) in [7, 11) is 0. The van der Waals surface area contributed by atoms with E-state index < -0.39 is 4.93 Å². The van der Waals surface area contributed by atoms with E-state index in [2.05, 4.69) is 17.9 Å². The fourth-order valence-electron chi connectivity index (χ4n) is 0.827. The summed E-state index contributed by atoms with van der Waals surface area (Å²) in [4.78, 5) is -0.689. The molecule has 0 spiro atoms. The summed E-state index contributed by atoms with van der Waals surface area (Å²) in [5.74, 6) is 0. The Morgan fingerprint density at radius 3 is 2.00 bits per heavy atom. The van der Waals surface area contributed by atoms with E-state index in [4.69, 9.17) is 0 Å². The number of halogens is 1. The van der Waals surface area contributed by atoms with Gasteiger partial charge in [0.2, 0.25) is 0 Å². The highest BCUT2D eigenvalue weighted by Gasteiger charge is 2.23. The molecule has 0 atom stereocenters. The van der Waals surface area contributed by atoms with Gasteiger partial charge in [0.05, 0.1) is 0 Å². The van der Waals surface area contributed by atoms with Gasteiger partial charge in [-0.2, -0.15) is 0 Å². The Kier molecular flexibility index (Phi) is 3.89. The molecule has 0 amide bonds. The van der Waals surface area contributed by atoms with Gasteiger partial charge in [0.25, 0.3) is 0 Å². The molecule has 0 aliphatic carbocycles. The lowest BCUT2D eigenvalue weighted by Gasteiger charge is -2.26. The van der Waals surface area contributed by atoms with E-state index in [0.29, 0.717) is 0 Å². The quantitative estimate of drug-likeness (QED) is 0.363. The molecule has 4 heteroatoms. The van der Waals surface area contributed by atoms with Crippen molar-refractivity contribution in [1.29, 1.82) is 0 Å². The monoisotopic (exact) mass is 169 g/mol. The minimum Gasteiger partial charge on any atom is -0.380 e. The molecule has 0 aromatic heterocycles. The summed E-state index contributed by atoms with van der Waals surface area (Å²) < 4.78 is 0. The van der Waals surface area contributed by atoms with Gasteiger partial charge in [-0.05, 0) is 25.9 Å². The molecule has 1 aliphatic heterocycles. The Bertz CT molecular complexity index is 81.0. The Morgan fingerprint density at radius 2 is 1.78 bits per heavy atom. The van der Waals surface area contributed by atoms with Crippen molar-refractivity contribution in [2.75, 3.05) is 13.1 Å². The van der Waals surface area contributed by atoms with Crippen LogP contribution in [0.2, 0.25) is 0 Å². The molecule has 2 N–H and O–H groups in total. The van der Waals surface area contributed by atoms with Crippen molar-refractivity contribution in [3.63, 3.8) is 0 Å². The molecule has 0 unspecified atom stereocenters. The first kappa shape index (κ1) is 9.56. The Morgan fingerprint density at radius 1 is 1.33 bits per heavy atom. The van der Waals surface area contributed by atoms with Crippen molar-refractivity contribution in [3.05, 3.63) is 0 Å². The first-order chi connectivity index (χ1) is 3.71. The molecule has 56 valence electrons. The van der Waals surface area contributed by atoms with Crippen LogP contribution >= 0.6 is 25.0 Å². The molecule has 0 radical (unpaired) electrons. The van der Waals surface area contributed by atoms with Crippen molar-refractivity contribution in [1.82, 2.24) is 5.32 Å². The zero-order valence-corrected chi connectivity index (χ0v) is 6.84. The molecule has 0 aromatic rings. The van der Waals surface area contributed by atoms with E-state index in [1.165, 1.54) is 0 Å². The highest BCUT2D eigenvalue weighted by Crippen LogP contribution is 2.20. The standard InChI is InChI=1S/C5H11NOS.ClH/c7-5(8)1-3-6-4-2-5;/h6-8H,1-4H2;1H. The van der Waals surface area contributed by atoms with Crippen LogP contribution in [0.25, 0.3) is 0 Å². The second-order valence-electron chi connectivity index (χ2n) is 2.23. The van der Waals surface area contributed by atoms with E-state index in [-0.39, 0.29) is 12.4 Å². The molecule has 1 aliphatic rings. The SMILES string of the molecule is Cl.OC1(S)CCNCC1. The predicted octanol–water partition coefficient (Wildman–Crippen LogP) is 0.410. The Balaban J connectivity index is 0.000000640. The van der Waals surface area contributed by atoms with Gasteiger partial charge in [-0.1, -0.05) is 0 Å². The predicted molar refractivity (Wildman–Crippen MR) is 43.3 cm³/mol. The zero-order valence-electron chi connectivity index (χ0n) is 5.13. The van der Waals surface area contributed by atoms with Crippen LogP contribution in [-0.2, 0) is 0 Å². The van der Waals surface area contributed by atoms with Gasteiger partial charge in [0.1, 0.15) is 4.93 Å². The van der Waals surface area contributed by atoms with E-state index in [1.54, 1.807) is 0 Å². The van der Waals surface area contributed by atoms with Crippen LogP contribution in [0.3, 0.4) is 0 Å². The number of rotatable bonds is 0. The molecular weight excluding hydrogens is 158 g/mol. The summed E-state index contributed by atoms with van der Waals surface area (Å²) in [6, 6.07) is 0. The topological polar surface area (TPSA) is 32.3 Å². The number of hydrogen-bond acceptors (Lipinski definition) is 3. The van der Waals surface area contributed by atoms with Crippen molar-refractivity contribution < 1.29 is 5.11 Å². The maximum Gasteiger partial charge on any atom is 0.110 e. The van der Waals surface area contributed by atoms with Crippen LogP contribution in [0, 0.1) is 0 Å². The van der Waals surface area contributed by atoms with Gasteiger partial charge in [-0.3, -0.25) is 0 Å². The lowest BCUT2D eigenvalue weighted by Crippen LogP contribution is -2.37. The first-order valence-corrected chi connectivity index (χ1v) is 3.31. The van der Waals surface area contributed by atoms with Crippen molar-refractivity contribution in [3.8, 4) is 0 Å². The third-order valence-electron chi connectivity index (χ3n) is 1.40. The van der Waals surface area contributed by atoms with Crippen LogP contribution in [-0.4, -0.2) is 23.1 Å². The summed E-state index contributed by atoms with van der Waals surface area (Å²) >= 11 is 4.03. The third-order valence-corrected chi connectivity index (χ3v) is 1.85. The van der Waals surface area contributed by atoms with E-state index >= 15 is 0 Å². The van der Waals surface area contributed by atoms with Crippen LogP contribution in [0.4, 0.5) is 0 Å². The number of nitrogens with one attached hydrogen (secondary N) is 1. The second-order valence-corrected chi connectivity index (χ2v) is 3.06. The maximum atomic E-state index is 9.20. The van der Waals surface area contributed by atoms with E-state index in [9.17, 15) is 5.11 Å². The van der Waals surface area contributed by atoms with Gasteiger partial charge in [0, 0.05) is 0 Å². The zero-order chi connectivity index (χ0) is 6.04. The van der Waals surface area contributed by atoms with Crippen molar-refractivity contribution in [2.45, 2.75) is 17.8 Å². The van der Waals surface area contributed by atoms with Crippen molar-refractivity contribution >= 4 is 25.0 Å². The van der Waals surface area contributed by atoms with Crippen LogP contribution in [0.5, 0.6) is 0 Å². The lowest BCUT2D eigenvalue weighted by molar-refractivity contribution is 0.104. The highest BCUT2D eigenvalue weighted by atomic mass is 35.5. The summed E-state index contributed by atoms with van der Waals surface area (Å²) in [5, 5.41) is 12.3. The molecule has 1 fully saturated rings. The number of thiol groups is 1. The molecule has 9 heavy (non-hydrogen) atoms. The molecule has 2 nitrogen and oxygen atoms in total. The molecule has 0 saturated carbocycles. The van der Waals surface area contributed by atoms with Crippen LogP contribution in [0.15, 0.2) is 0 Å². The molecule has 0 aromatic carbocycles. The summed E-state index contributed by atoms with van der Waals surface area (Å²) in [6.45, 7) is 1.78. The average molecular weight is 170 g/mol. The molecular formula is C5H12ClNOS. The Hall–Kier alpha value is 0.560. The number of hydrogen-bond donors (Lipinski definition) is 3. The number of piperidine rings is 1. The molecule has 1 heterocycles. The Labute approximate surface area is 66.8 Å². The third kappa shape index (κ3) is 3.30. The second kappa shape index (κ2) is 3.66. The van der Waals surface area contributed by atoms with Gasteiger partial charge < -0.3 is 10.4 Å². The van der Waals surface area contributed by atoms with Gasteiger partial charge in [-0.15, -0.1) is 25.0 Å². The maximum absolute atomic E-state index is 9.20. The number of aliphatic hydroxyl groups is 1. The fraction of sp³-hybridized carbons (Fsp3) is 1.00. The smallest absolute Gasteiger partial charge is 0.110 e. The summed E-state index contributed by atoms with van der Waals surface area (Å²) in [5.41, 5.74) is 0. The van der Waals surface area contributed by atoms with Gasteiger partial charge >= 0.3 is 0 Å². The molecule has 0 bridgehead atoms. The van der Waals surface area contributed by atoms with E-state index in [0.717, 1.165) is 25.9 Å². The van der Waals surface area contributed by atoms with Crippen LogP contribution < -0.4 is 5.32 Å².